The maximum Gasteiger partial charge on any atom is 0.318 e. The van der Waals surface area contributed by atoms with E-state index in [1.54, 1.807) is 18.7 Å². The van der Waals surface area contributed by atoms with Crippen molar-refractivity contribution < 1.29 is 4.79 Å². The Balaban J connectivity index is 1.29. The van der Waals surface area contributed by atoms with Gasteiger partial charge >= 0.3 is 6.03 Å². The molecule has 4 aromatic rings. The number of hydrogen-bond donors (Lipinski definition) is 2. The number of hydrogen-bond acceptors (Lipinski definition) is 5. The molecule has 2 amide bonds. The number of nitrogens with one attached hydrogen (secondary N) is 2. The van der Waals surface area contributed by atoms with Crippen molar-refractivity contribution in [3.63, 3.8) is 0 Å². The molecule has 1 aliphatic heterocycles. The van der Waals surface area contributed by atoms with Crippen LogP contribution in [0.5, 0.6) is 0 Å². The number of halogens is 1. The Kier molecular flexibility index (Phi) is 5.83. The Bertz CT molecular complexity index is 1280. The van der Waals surface area contributed by atoms with Gasteiger partial charge in [0.1, 0.15) is 17.8 Å². The molecule has 1 aliphatic rings. The smallest absolute Gasteiger partial charge is 0.318 e. The molecule has 168 valence electrons. The number of amides is 2. The quantitative estimate of drug-likeness (QED) is 0.477. The third-order valence-electron chi connectivity index (χ3n) is 5.92. The fourth-order valence-electron chi connectivity index (χ4n) is 4.24. The lowest BCUT2D eigenvalue weighted by Crippen LogP contribution is -2.56. The standard InChI is InChI=1S/C24H24ClN7O/c1-16-14-31(9-10-32(16)24(33)27-13-17-3-2-4-19(25)11-17)23-20-12-21(18-5-7-26-8-6-18)30-22(20)28-15-29-23/h2-8,11-12,15-16H,9-10,13-14H2,1H3,(H,27,33)(H,28,29,30)/t16-/m0/s1. The van der Waals surface area contributed by atoms with Gasteiger partial charge < -0.3 is 20.1 Å². The summed E-state index contributed by atoms with van der Waals surface area (Å²) in [4.78, 5) is 33.4. The van der Waals surface area contributed by atoms with Crippen LogP contribution in [-0.2, 0) is 6.54 Å². The number of nitrogens with zero attached hydrogens (tertiary/aromatic N) is 5. The first-order valence-electron chi connectivity index (χ1n) is 10.9. The van der Waals surface area contributed by atoms with Crippen molar-refractivity contribution in [1.29, 1.82) is 0 Å². The van der Waals surface area contributed by atoms with Gasteiger partial charge in [-0.3, -0.25) is 4.98 Å². The molecule has 33 heavy (non-hydrogen) atoms. The van der Waals surface area contributed by atoms with Crippen molar-refractivity contribution >= 4 is 34.5 Å². The van der Waals surface area contributed by atoms with Gasteiger partial charge in [0.2, 0.25) is 0 Å². The minimum atomic E-state index is -0.0726. The Morgan fingerprint density at radius 1 is 1.18 bits per heavy atom. The van der Waals surface area contributed by atoms with Gasteiger partial charge in [-0.2, -0.15) is 0 Å². The van der Waals surface area contributed by atoms with E-state index in [2.05, 4.69) is 43.1 Å². The van der Waals surface area contributed by atoms with Gasteiger partial charge in [-0.15, -0.1) is 0 Å². The highest BCUT2D eigenvalue weighted by atomic mass is 35.5. The van der Waals surface area contributed by atoms with Crippen molar-refractivity contribution in [2.24, 2.45) is 0 Å². The molecule has 2 N–H and O–H groups in total. The molecule has 0 bridgehead atoms. The van der Waals surface area contributed by atoms with E-state index in [1.807, 2.05) is 41.3 Å². The summed E-state index contributed by atoms with van der Waals surface area (Å²) in [6, 6.07) is 13.5. The highest BCUT2D eigenvalue weighted by molar-refractivity contribution is 6.30. The van der Waals surface area contributed by atoms with Gasteiger partial charge in [-0.05, 0) is 42.8 Å². The van der Waals surface area contributed by atoms with Gasteiger partial charge in [0, 0.05) is 60.9 Å². The molecule has 0 spiro atoms. The predicted molar refractivity (Wildman–Crippen MR) is 129 cm³/mol. The van der Waals surface area contributed by atoms with Crippen molar-refractivity contribution in [2.45, 2.75) is 19.5 Å². The Morgan fingerprint density at radius 2 is 2.03 bits per heavy atom. The van der Waals surface area contributed by atoms with E-state index in [1.165, 1.54) is 0 Å². The van der Waals surface area contributed by atoms with Crippen LogP contribution in [0.15, 0.2) is 61.2 Å². The van der Waals surface area contributed by atoms with Crippen molar-refractivity contribution in [1.82, 2.24) is 30.2 Å². The van der Waals surface area contributed by atoms with Crippen LogP contribution in [0, 0.1) is 0 Å². The lowest BCUT2D eigenvalue weighted by atomic mass is 10.1. The average Bonchev–Trinajstić information content (AvgIpc) is 3.28. The van der Waals surface area contributed by atoms with Crippen LogP contribution in [-0.4, -0.2) is 56.5 Å². The normalized spacial score (nSPS) is 16.2. The molecule has 1 saturated heterocycles. The average molecular weight is 462 g/mol. The summed E-state index contributed by atoms with van der Waals surface area (Å²) < 4.78 is 0. The molecule has 1 atom stereocenters. The highest BCUT2D eigenvalue weighted by Gasteiger charge is 2.29. The number of benzene rings is 1. The molecule has 1 aromatic carbocycles. The van der Waals surface area contributed by atoms with Crippen LogP contribution in [0.25, 0.3) is 22.3 Å². The molecule has 9 heteroatoms. The molecule has 8 nitrogen and oxygen atoms in total. The van der Waals surface area contributed by atoms with E-state index in [-0.39, 0.29) is 12.1 Å². The lowest BCUT2D eigenvalue weighted by Gasteiger charge is -2.40. The summed E-state index contributed by atoms with van der Waals surface area (Å²) in [7, 11) is 0. The van der Waals surface area contributed by atoms with Crippen LogP contribution in [0.3, 0.4) is 0 Å². The molecule has 4 heterocycles. The minimum Gasteiger partial charge on any atom is -0.352 e. The van der Waals surface area contributed by atoms with E-state index in [9.17, 15) is 4.79 Å². The number of rotatable bonds is 4. The zero-order valence-electron chi connectivity index (χ0n) is 18.2. The molecular formula is C24H24ClN7O. The van der Waals surface area contributed by atoms with E-state index >= 15 is 0 Å². The zero-order valence-corrected chi connectivity index (χ0v) is 19.0. The Morgan fingerprint density at radius 3 is 2.82 bits per heavy atom. The van der Waals surface area contributed by atoms with E-state index < -0.39 is 0 Å². The number of aromatic amines is 1. The minimum absolute atomic E-state index is 0.0294. The number of urea groups is 1. The van der Waals surface area contributed by atoms with E-state index in [0.29, 0.717) is 31.2 Å². The van der Waals surface area contributed by atoms with Gasteiger partial charge in [-0.25, -0.2) is 14.8 Å². The lowest BCUT2D eigenvalue weighted by molar-refractivity contribution is 0.171. The highest BCUT2D eigenvalue weighted by Crippen LogP contribution is 2.29. The predicted octanol–water partition coefficient (Wildman–Crippen LogP) is 4.09. The summed E-state index contributed by atoms with van der Waals surface area (Å²) in [5.41, 5.74) is 3.79. The van der Waals surface area contributed by atoms with Crippen LogP contribution in [0.2, 0.25) is 5.02 Å². The number of H-pyrrole nitrogens is 1. The molecule has 5 rings (SSSR count). The van der Waals surface area contributed by atoms with Crippen LogP contribution >= 0.6 is 11.6 Å². The molecule has 0 saturated carbocycles. The fourth-order valence-corrected chi connectivity index (χ4v) is 4.46. The first-order valence-corrected chi connectivity index (χ1v) is 11.2. The monoisotopic (exact) mass is 461 g/mol. The number of fused-ring (bicyclic) bond motifs is 1. The summed E-state index contributed by atoms with van der Waals surface area (Å²) in [5.74, 6) is 0.877. The number of piperazine rings is 1. The first kappa shape index (κ1) is 21.2. The molecule has 0 aliphatic carbocycles. The number of pyridine rings is 1. The second kappa shape index (κ2) is 9.07. The molecule has 3 aromatic heterocycles. The van der Waals surface area contributed by atoms with Gasteiger partial charge in [0.15, 0.2) is 0 Å². The van der Waals surface area contributed by atoms with Crippen LogP contribution in [0.4, 0.5) is 10.6 Å². The molecule has 1 fully saturated rings. The number of aromatic nitrogens is 4. The summed E-state index contributed by atoms with van der Waals surface area (Å²) in [6.45, 7) is 4.49. The van der Waals surface area contributed by atoms with Crippen LogP contribution in [0.1, 0.15) is 12.5 Å². The number of carbonyl (C=O) groups is 1. The first-order chi connectivity index (χ1) is 16.1. The second-order valence-electron chi connectivity index (χ2n) is 8.16. The van der Waals surface area contributed by atoms with Gasteiger partial charge in [-0.1, -0.05) is 23.7 Å². The number of carbonyl (C=O) groups excluding carboxylic acids is 1. The van der Waals surface area contributed by atoms with Gasteiger partial charge in [0.25, 0.3) is 0 Å². The van der Waals surface area contributed by atoms with E-state index in [0.717, 1.165) is 33.7 Å². The summed E-state index contributed by atoms with van der Waals surface area (Å²) >= 11 is 6.04. The molecule has 0 radical (unpaired) electrons. The maximum atomic E-state index is 12.8. The summed E-state index contributed by atoms with van der Waals surface area (Å²) in [5, 5.41) is 4.64. The zero-order chi connectivity index (χ0) is 22.8. The summed E-state index contributed by atoms with van der Waals surface area (Å²) in [6.07, 6.45) is 5.12. The fraction of sp³-hybridized carbons (Fsp3) is 0.250. The number of anilines is 1. The Hall–Kier alpha value is -3.65. The third kappa shape index (κ3) is 4.47. The van der Waals surface area contributed by atoms with E-state index in [4.69, 9.17) is 11.6 Å². The van der Waals surface area contributed by atoms with Crippen molar-refractivity contribution in [2.75, 3.05) is 24.5 Å². The second-order valence-corrected chi connectivity index (χ2v) is 8.59. The van der Waals surface area contributed by atoms with Crippen molar-refractivity contribution in [3.8, 4) is 11.3 Å². The third-order valence-corrected chi connectivity index (χ3v) is 6.15. The van der Waals surface area contributed by atoms with Gasteiger partial charge in [0.05, 0.1) is 5.39 Å². The largest absolute Gasteiger partial charge is 0.352 e. The van der Waals surface area contributed by atoms with Crippen LogP contribution < -0.4 is 10.2 Å². The SMILES string of the molecule is C[C@H]1CN(c2ncnc3[nH]c(-c4ccncc4)cc23)CCN1C(=O)NCc1cccc(Cl)c1. The van der Waals surface area contributed by atoms with Crippen molar-refractivity contribution in [3.05, 3.63) is 71.8 Å². The Labute approximate surface area is 196 Å². The molecular weight excluding hydrogens is 438 g/mol. The maximum absolute atomic E-state index is 12.8. The molecule has 0 unspecified atom stereocenters. The topological polar surface area (TPSA) is 90.0 Å².